The Morgan fingerprint density at radius 1 is 1.10 bits per heavy atom. The second-order valence-electron chi connectivity index (χ2n) is 9.26. The molecule has 3 aromatic carbocycles. The summed E-state index contributed by atoms with van der Waals surface area (Å²) < 4.78 is 1.66. The summed E-state index contributed by atoms with van der Waals surface area (Å²) in [6.07, 6.45) is 0. The summed E-state index contributed by atoms with van der Waals surface area (Å²) in [6, 6.07) is 18.9. The molecule has 8 nitrogen and oxygen atoms in total. The summed E-state index contributed by atoms with van der Waals surface area (Å²) in [4.78, 5) is 29.8. The zero-order valence-electron chi connectivity index (χ0n) is 21.3. The Morgan fingerprint density at radius 2 is 1.85 bits per heavy atom. The number of rotatable bonds is 7. The quantitative estimate of drug-likeness (QED) is 0.307. The second-order valence-corrected chi connectivity index (χ2v) is 10.6. The molecule has 0 aliphatic carbocycles. The third-order valence-electron chi connectivity index (χ3n) is 6.79. The number of aromatic carboxylic acids is 1. The van der Waals surface area contributed by atoms with Gasteiger partial charge in [0.2, 0.25) is 17.0 Å². The number of carbonyl (C=O) groups excluding carboxylic acids is 2. The van der Waals surface area contributed by atoms with E-state index in [-0.39, 0.29) is 11.5 Å². The first-order chi connectivity index (χ1) is 18.7. The third-order valence-corrected chi connectivity index (χ3v) is 8.04. The smallest absolute Gasteiger partial charge is 0.235 e. The average molecular weight is 559 g/mol. The van der Waals surface area contributed by atoms with E-state index in [4.69, 9.17) is 16.7 Å². The molecule has 2 atom stereocenters. The minimum absolute atomic E-state index is 0.0395. The van der Waals surface area contributed by atoms with E-state index in [0.717, 1.165) is 16.7 Å². The summed E-state index contributed by atoms with van der Waals surface area (Å²) in [5, 5.41) is 23.4. The number of carboxylic acids is 1. The molecule has 39 heavy (non-hydrogen) atoms. The highest BCUT2D eigenvalue weighted by Crippen LogP contribution is 2.39. The van der Waals surface area contributed by atoms with E-state index in [1.54, 1.807) is 16.8 Å². The van der Waals surface area contributed by atoms with E-state index in [2.05, 4.69) is 22.2 Å². The lowest BCUT2D eigenvalue weighted by atomic mass is 9.88. The maximum Gasteiger partial charge on any atom is 0.235 e. The molecule has 1 aliphatic rings. The van der Waals surface area contributed by atoms with Crippen molar-refractivity contribution in [2.75, 3.05) is 10.6 Å². The largest absolute Gasteiger partial charge is 0.545 e. The number of aryl methyl sites for hydroxylation is 1. The first-order valence-electron chi connectivity index (χ1n) is 12.2. The molecular formula is C29H25ClN5O3S-. The monoisotopic (exact) mass is 558 g/mol. The molecule has 1 aromatic heterocycles. The Morgan fingerprint density at radius 3 is 2.56 bits per heavy atom. The lowest BCUT2D eigenvalue weighted by molar-refractivity contribution is -0.255. The molecule has 0 radical (unpaired) electrons. The van der Waals surface area contributed by atoms with Crippen LogP contribution in [0.25, 0.3) is 0 Å². The van der Waals surface area contributed by atoms with Gasteiger partial charge in [-0.1, -0.05) is 84.5 Å². The molecule has 2 N–H and O–H groups in total. The molecule has 10 heteroatoms. The van der Waals surface area contributed by atoms with Gasteiger partial charge in [0.15, 0.2) is 0 Å². The Hall–Kier alpha value is -4.08. The lowest BCUT2D eigenvalue weighted by Gasteiger charge is -2.34. The number of hydrogen-bond acceptors (Lipinski definition) is 7. The number of halogens is 1. The van der Waals surface area contributed by atoms with Crippen molar-refractivity contribution >= 4 is 46.9 Å². The standard InChI is InChI=1S/C29H26ClN5O3S/c1-16-7-6-10-23(17(16)2)32-26(36)24-18(3)31-28-33-29(39-15-21-8-4-5-9-22(21)30)34-35(28)25(24)19-11-13-20(14-12-19)27(37)38/h4-14,24-25H,3,15H2,1-2H3,(H,32,36)(H,37,38)(H,31,33,34)/p-1. The van der Waals surface area contributed by atoms with Crippen LogP contribution in [0.15, 0.2) is 84.2 Å². The summed E-state index contributed by atoms with van der Waals surface area (Å²) in [6.45, 7) is 8.09. The molecule has 4 aromatic rings. The molecule has 2 unspecified atom stereocenters. The fourth-order valence-corrected chi connectivity index (χ4v) is 5.62. The van der Waals surface area contributed by atoms with Crippen LogP contribution in [-0.2, 0) is 10.5 Å². The van der Waals surface area contributed by atoms with Gasteiger partial charge in [0.05, 0.1) is 12.0 Å². The number of aromatic nitrogens is 3. The number of nitrogens with one attached hydrogen (secondary N) is 2. The van der Waals surface area contributed by atoms with Crippen molar-refractivity contribution in [3.8, 4) is 0 Å². The number of thioether (sulfide) groups is 1. The first kappa shape index (κ1) is 26.5. The van der Waals surface area contributed by atoms with Gasteiger partial charge >= 0.3 is 0 Å². The molecule has 0 saturated carbocycles. The second kappa shape index (κ2) is 11.0. The Kier molecular flexibility index (Phi) is 7.45. The summed E-state index contributed by atoms with van der Waals surface area (Å²) in [5.41, 5.74) is 4.86. The van der Waals surface area contributed by atoms with Crippen molar-refractivity contribution in [2.24, 2.45) is 5.92 Å². The van der Waals surface area contributed by atoms with E-state index in [1.807, 2.05) is 56.3 Å². The summed E-state index contributed by atoms with van der Waals surface area (Å²) in [7, 11) is 0. The predicted octanol–water partition coefficient (Wildman–Crippen LogP) is 4.99. The molecule has 0 saturated heterocycles. The van der Waals surface area contributed by atoms with Crippen LogP contribution in [0.4, 0.5) is 11.6 Å². The van der Waals surface area contributed by atoms with Gasteiger partial charge in [-0.05, 0) is 53.8 Å². The van der Waals surface area contributed by atoms with Crippen molar-refractivity contribution in [2.45, 2.75) is 30.8 Å². The number of benzene rings is 3. The van der Waals surface area contributed by atoms with Gasteiger partial charge in [-0.2, -0.15) is 4.98 Å². The van der Waals surface area contributed by atoms with E-state index in [1.165, 1.54) is 23.9 Å². The lowest BCUT2D eigenvalue weighted by Crippen LogP contribution is -2.39. The molecule has 0 bridgehead atoms. The Labute approximate surface area is 235 Å². The molecule has 2 heterocycles. The number of amides is 1. The van der Waals surface area contributed by atoms with Gasteiger partial charge in [0, 0.05) is 22.2 Å². The van der Waals surface area contributed by atoms with Crippen LogP contribution >= 0.6 is 23.4 Å². The number of hydrogen-bond donors (Lipinski definition) is 2. The van der Waals surface area contributed by atoms with E-state index in [9.17, 15) is 14.7 Å². The van der Waals surface area contributed by atoms with Crippen LogP contribution in [0.3, 0.4) is 0 Å². The van der Waals surface area contributed by atoms with Crippen molar-refractivity contribution in [3.05, 3.63) is 112 Å². The average Bonchev–Trinajstić information content (AvgIpc) is 3.32. The van der Waals surface area contributed by atoms with Crippen molar-refractivity contribution in [1.29, 1.82) is 0 Å². The van der Waals surface area contributed by atoms with Crippen LogP contribution in [0, 0.1) is 19.8 Å². The normalized spacial score (nSPS) is 16.3. The molecule has 1 amide bonds. The molecule has 1 aliphatic heterocycles. The van der Waals surface area contributed by atoms with E-state index in [0.29, 0.717) is 38.8 Å². The fraction of sp³-hybridized carbons (Fsp3) is 0.172. The molecular weight excluding hydrogens is 534 g/mol. The van der Waals surface area contributed by atoms with Crippen molar-refractivity contribution in [3.63, 3.8) is 0 Å². The molecule has 198 valence electrons. The van der Waals surface area contributed by atoms with Gasteiger partial charge < -0.3 is 20.5 Å². The van der Waals surface area contributed by atoms with Gasteiger partial charge in [0.25, 0.3) is 0 Å². The maximum atomic E-state index is 13.8. The minimum atomic E-state index is -1.28. The number of nitrogens with zero attached hydrogens (tertiary/aromatic N) is 3. The van der Waals surface area contributed by atoms with Crippen LogP contribution in [0.1, 0.15) is 38.7 Å². The highest BCUT2D eigenvalue weighted by atomic mass is 35.5. The van der Waals surface area contributed by atoms with Crippen molar-refractivity contribution < 1.29 is 14.7 Å². The zero-order chi connectivity index (χ0) is 27.7. The topological polar surface area (TPSA) is 112 Å². The van der Waals surface area contributed by atoms with Gasteiger partial charge in [-0.3, -0.25) is 4.79 Å². The number of fused-ring (bicyclic) bond motifs is 1. The SMILES string of the molecule is C=C1Nc2nc(SCc3ccccc3Cl)nn2C(c2ccc(C(=O)[O-])cc2)C1C(=O)Nc1cccc(C)c1C. The first-order valence-corrected chi connectivity index (χ1v) is 13.6. The Bertz CT molecular complexity index is 1580. The van der Waals surface area contributed by atoms with Crippen LogP contribution in [0.5, 0.6) is 0 Å². The minimum Gasteiger partial charge on any atom is -0.545 e. The predicted molar refractivity (Wildman–Crippen MR) is 151 cm³/mol. The molecule has 0 fully saturated rings. The van der Waals surface area contributed by atoms with Gasteiger partial charge in [-0.15, -0.1) is 5.10 Å². The highest BCUT2D eigenvalue weighted by Gasteiger charge is 2.40. The van der Waals surface area contributed by atoms with Crippen LogP contribution in [0.2, 0.25) is 5.02 Å². The Balaban J connectivity index is 1.51. The number of carboxylic acid groups (broad SMARTS) is 1. The van der Waals surface area contributed by atoms with Crippen LogP contribution < -0.4 is 15.7 Å². The maximum absolute atomic E-state index is 13.8. The van der Waals surface area contributed by atoms with E-state index >= 15 is 0 Å². The van der Waals surface area contributed by atoms with Gasteiger partial charge in [0.1, 0.15) is 5.92 Å². The number of anilines is 2. The number of carbonyl (C=O) groups is 2. The summed E-state index contributed by atoms with van der Waals surface area (Å²) >= 11 is 7.73. The molecule has 0 spiro atoms. The van der Waals surface area contributed by atoms with Crippen LogP contribution in [-0.4, -0.2) is 26.6 Å². The third kappa shape index (κ3) is 5.41. The fourth-order valence-electron chi connectivity index (χ4n) is 4.50. The summed E-state index contributed by atoms with van der Waals surface area (Å²) in [5.74, 6) is -1.33. The molecule has 5 rings (SSSR count). The van der Waals surface area contributed by atoms with E-state index < -0.39 is 17.9 Å². The highest BCUT2D eigenvalue weighted by molar-refractivity contribution is 7.98. The van der Waals surface area contributed by atoms with Crippen molar-refractivity contribution in [1.82, 2.24) is 14.8 Å². The zero-order valence-corrected chi connectivity index (χ0v) is 22.8. The van der Waals surface area contributed by atoms with Gasteiger partial charge in [-0.25, -0.2) is 4.68 Å².